The van der Waals surface area contributed by atoms with Crippen molar-refractivity contribution in [2.24, 2.45) is 0 Å². The van der Waals surface area contributed by atoms with Crippen molar-refractivity contribution < 1.29 is 14.5 Å². The highest BCUT2D eigenvalue weighted by Crippen LogP contribution is 2.30. The molecule has 1 heterocycles. The Morgan fingerprint density at radius 2 is 2.14 bits per heavy atom. The van der Waals surface area contributed by atoms with Crippen LogP contribution in [-0.4, -0.2) is 22.9 Å². The fraction of sp³-hybridized carbons (Fsp3) is 0.231. The van der Waals surface area contributed by atoms with Gasteiger partial charge in [-0.05, 0) is 26.0 Å². The number of rotatable bonds is 4. The molecule has 0 spiro atoms. The van der Waals surface area contributed by atoms with E-state index in [1.54, 1.807) is 19.9 Å². The van der Waals surface area contributed by atoms with E-state index in [2.05, 4.69) is 10.3 Å². The number of benzene rings is 1. The third-order valence-corrected chi connectivity index (χ3v) is 3.83. The predicted octanol–water partition coefficient (Wildman–Crippen LogP) is 2.93. The topological polar surface area (TPSA) is 94.4 Å². The highest BCUT2D eigenvalue weighted by molar-refractivity contribution is 7.13. The van der Waals surface area contributed by atoms with E-state index in [9.17, 15) is 14.9 Å². The van der Waals surface area contributed by atoms with Crippen molar-refractivity contribution in [1.82, 2.24) is 4.98 Å². The maximum atomic E-state index is 12.2. The molecule has 2 rings (SSSR count). The molecule has 1 N–H and O–H groups in total. The van der Waals surface area contributed by atoms with E-state index in [1.165, 1.54) is 30.6 Å². The Kier molecular flexibility index (Phi) is 4.18. The number of carbonyl (C=O) groups excluding carboxylic acids is 1. The smallest absolute Gasteiger partial charge is 0.296 e. The number of aromatic nitrogens is 1. The van der Waals surface area contributed by atoms with Crippen LogP contribution in [0.25, 0.3) is 0 Å². The summed E-state index contributed by atoms with van der Waals surface area (Å²) in [5.74, 6) is -0.0594. The molecule has 1 aromatic carbocycles. The monoisotopic (exact) mass is 307 g/mol. The van der Waals surface area contributed by atoms with Gasteiger partial charge in [0.15, 0.2) is 0 Å². The zero-order valence-corrected chi connectivity index (χ0v) is 12.5. The fourth-order valence-electron chi connectivity index (χ4n) is 1.82. The number of methoxy groups -OCH3 is 1. The average molecular weight is 307 g/mol. The molecule has 21 heavy (non-hydrogen) atoms. The van der Waals surface area contributed by atoms with Crippen molar-refractivity contribution in [3.05, 3.63) is 43.9 Å². The lowest BCUT2D eigenvalue weighted by molar-refractivity contribution is -0.384. The van der Waals surface area contributed by atoms with Gasteiger partial charge in [0.25, 0.3) is 11.6 Å². The molecule has 0 fully saturated rings. The first kappa shape index (κ1) is 14.9. The number of anilines is 1. The van der Waals surface area contributed by atoms with Crippen LogP contribution in [0.1, 0.15) is 20.4 Å². The molecule has 1 amide bonds. The van der Waals surface area contributed by atoms with Crippen LogP contribution in [0.5, 0.6) is 5.75 Å². The predicted molar refractivity (Wildman–Crippen MR) is 79.2 cm³/mol. The Hall–Kier alpha value is -2.48. The van der Waals surface area contributed by atoms with Gasteiger partial charge in [-0.2, -0.15) is 0 Å². The summed E-state index contributed by atoms with van der Waals surface area (Å²) < 4.78 is 4.95. The number of hydrogen-bond acceptors (Lipinski definition) is 6. The Bertz CT molecular complexity index is 711. The molecule has 0 aliphatic heterocycles. The number of nitrogens with one attached hydrogen (secondary N) is 1. The molecule has 0 saturated carbocycles. The minimum Gasteiger partial charge on any atom is -0.496 e. The zero-order chi connectivity index (χ0) is 15.6. The number of thiazole rings is 1. The van der Waals surface area contributed by atoms with Gasteiger partial charge in [-0.25, -0.2) is 4.98 Å². The average Bonchev–Trinajstić information content (AvgIpc) is 2.78. The zero-order valence-electron chi connectivity index (χ0n) is 11.7. The largest absolute Gasteiger partial charge is 0.496 e. The molecule has 8 heteroatoms. The third-order valence-electron chi connectivity index (χ3n) is 2.76. The molecule has 0 saturated heterocycles. The lowest BCUT2D eigenvalue weighted by atomic mass is 10.2. The summed E-state index contributed by atoms with van der Waals surface area (Å²) in [6, 6.07) is 4.26. The number of aryl methyl sites for hydroxylation is 2. The van der Waals surface area contributed by atoms with Crippen LogP contribution >= 0.6 is 11.3 Å². The van der Waals surface area contributed by atoms with Crippen molar-refractivity contribution in [2.45, 2.75) is 13.8 Å². The van der Waals surface area contributed by atoms with Crippen LogP contribution in [0.3, 0.4) is 0 Å². The van der Waals surface area contributed by atoms with E-state index in [-0.39, 0.29) is 11.4 Å². The minimum absolute atomic E-state index is 0.122. The summed E-state index contributed by atoms with van der Waals surface area (Å²) >= 11 is 1.25. The first-order valence-corrected chi connectivity index (χ1v) is 6.82. The summed E-state index contributed by atoms with van der Waals surface area (Å²) in [7, 11) is 1.42. The quantitative estimate of drug-likeness (QED) is 0.692. The van der Waals surface area contributed by atoms with Gasteiger partial charge < -0.3 is 10.1 Å². The molecular weight excluding hydrogens is 294 g/mol. The van der Waals surface area contributed by atoms with Gasteiger partial charge in [-0.3, -0.25) is 14.9 Å². The van der Waals surface area contributed by atoms with Gasteiger partial charge in [0, 0.05) is 0 Å². The van der Waals surface area contributed by atoms with Crippen LogP contribution in [0, 0.1) is 24.0 Å². The molecule has 0 bridgehead atoms. The summed E-state index contributed by atoms with van der Waals surface area (Å²) in [6.45, 7) is 3.52. The van der Waals surface area contributed by atoms with Crippen molar-refractivity contribution in [3.8, 4) is 5.75 Å². The molecule has 1 aromatic heterocycles. The van der Waals surface area contributed by atoms with Crippen molar-refractivity contribution >= 4 is 28.6 Å². The van der Waals surface area contributed by atoms with Crippen molar-refractivity contribution in [1.29, 1.82) is 0 Å². The van der Waals surface area contributed by atoms with Gasteiger partial charge in [0.2, 0.25) is 0 Å². The second kappa shape index (κ2) is 5.88. The number of nitro benzene ring substituents is 1. The number of carbonyl (C=O) groups is 1. The third kappa shape index (κ3) is 3.16. The number of nitro groups is 1. The minimum atomic E-state index is -0.567. The number of hydrogen-bond donors (Lipinski definition) is 1. The Balaban J connectivity index is 2.33. The number of nitrogens with zero attached hydrogens (tertiary/aromatic N) is 2. The molecule has 0 aliphatic carbocycles. The maximum Gasteiger partial charge on any atom is 0.296 e. The van der Waals surface area contributed by atoms with E-state index in [4.69, 9.17) is 4.74 Å². The number of ether oxygens (including phenoxy) is 1. The van der Waals surface area contributed by atoms with Gasteiger partial charge >= 0.3 is 0 Å². The molecule has 0 aliphatic rings. The summed E-state index contributed by atoms with van der Waals surface area (Å²) in [6.07, 6.45) is 0. The highest BCUT2D eigenvalue weighted by atomic mass is 32.1. The first-order valence-electron chi connectivity index (χ1n) is 6.00. The van der Waals surface area contributed by atoms with Crippen molar-refractivity contribution in [3.63, 3.8) is 0 Å². The van der Waals surface area contributed by atoms with Crippen LogP contribution in [-0.2, 0) is 0 Å². The normalized spacial score (nSPS) is 10.2. The second-order valence-corrected chi connectivity index (χ2v) is 5.44. The van der Waals surface area contributed by atoms with Crippen LogP contribution < -0.4 is 10.1 Å². The summed E-state index contributed by atoms with van der Waals surface area (Å²) in [5, 5.41) is 14.4. The van der Waals surface area contributed by atoms with Gasteiger partial charge in [-0.1, -0.05) is 0 Å². The molecule has 2 aromatic rings. The van der Waals surface area contributed by atoms with Gasteiger partial charge in [0.05, 0.1) is 28.8 Å². The van der Waals surface area contributed by atoms with Gasteiger partial charge in [0.1, 0.15) is 16.3 Å². The first-order chi connectivity index (χ1) is 9.92. The SMILES string of the molecule is COc1ccc(NC(=O)c2sc(C)nc2C)c([N+](=O)[O-])c1. The summed E-state index contributed by atoms with van der Waals surface area (Å²) in [5.41, 5.74) is 0.504. The maximum absolute atomic E-state index is 12.2. The molecule has 110 valence electrons. The van der Waals surface area contributed by atoms with Gasteiger partial charge in [-0.15, -0.1) is 11.3 Å². The van der Waals surface area contributed by atoms with E-state index in [1.807, 2.05) is 0 Å². The van der Waals surface area contributed by atoms with Crippen LogP contribution in [0.15, 0.2) is 18.2 Å². The van der Waals surface area contributed by atoms with Crippen LogP contribution in [0.2, 0.25) is 0 Å². The number of amides is 1. The molecular formula is C13H13N3O4S. The van der Waals surface area contributed by atoms with E-state index >= 15 is 0 Å². The van der Waals surface area contributed by atoms with Crippen molar-refractivity contribution in [2.75, 3.05) is 12.4 Å². The molecule has 0 unspecified atom stereocenters. The fourth-order valence-corrected chi connectivity index (χ4v) is 2.63. The van der Waals surface area contributed by atoms with E-state index in [0.717, 1.165) is 5.01 Å². The van der Waals surface area contributed by atoms with E-state index in [0.29, 0.717) is 16.3 Å². The standard InChI is InChI=1S/C13H13N3O4S/c1-7-12(21-8(2)14-7)13(17)15-10-5-4-9(20-3)6-11(10)16(18)19/h4-6H,1-3H3,(H,15,17). The molecule has 7 nitrogen and oxygen atoms in total. The van der Waals surface area contributed by atoms with E-state index < -0.39 is 10.8 Å². The highest BCUT2D eigenvalue weighted by Gasteiger charge is 2.20. The molecule has 0 radical (unpaired) electrons. The lowest BCUT2D eigenvalue weighted by Crippen LogP contribution is -2.13. The second-order valence-electron chi connectivity index (χ2n) is 4.24. The Morgan fingerprint density at radius 3 is 2.67 bits per heavy atom. The Labute approximate surface area is 124 Å². The van der Waals surface area contributed by atoms with Crippen LogP contribution in [0.4, 0.5) is 11.4 Å². The lowest BCUT2D eigenvalue weighted by Gasteiger charge is -2.06. The Morgan fingerprint density at radius 1 is 1.43 bits per heavy atom. The summed E-state index contributed by atoms with van der Waals surface area (Å²) in [4.78, 5) is 27.3. The molecule has 0 atom stereocenters.